The van der Waals surface area contributed by atoms with E-state index in [1.807, 2.05) is 0 Å². The van der Waals surface area contributed by atoms with Gasteiger partial charge in [0.2, 0.25) is 0 Å². The maximum Gasteiger partial charge on any atom is -0.0222 e. The second kappa shape index (κ2) is 5.66. The number of benzene rings is 2. The van der Waals surface area contributed by atoms with E-state index in [9.17, 15) is 0 Å². The zero-order chi connectivity index (χ0) is 14.9. The summed E-state index contributed by atoms with van der Waals surface area (Å²) in [6.45, 7) is 13.1. The normalized spacial score (nSPS) is 12.3. The summed E-state index contributed by atoms with van der Waals surface area (Å²) in [4.78, 5) is 0. The molecular weight excluding hydrogens is 240 g/mol. The Bertz CT molecular complexity index is 613. The molecule has 0 atom stereocenters. The Kier molecular flexibility index (Phi) is 4.13. The first-order valence-corrected chi connectivity index (χ1v) is 7.23. The Balaban J connectivity index is 2.49. The van der Waals surface area contributed by atoms with Gasteiger partial charge in [-0.25, -0.2) is 0 Å². The van der Waals surface area contributed by atoms with Crippen LogP contribution in [0.1, 0.15) is 47.2 Å². The smallest absolute Gasteiger partial charge is 0.0222 e. The van der Waals surface area contributed by atoms with Crippen molar-refractivity contribution in [2.24, 2.45) is 0 Å². The highest BCUT2D eigenvalue weighted by Gasteiger charge is 2.05. The molecule has 0 radical (unpaired) electrons. The van der Waals surface area contributed by atoms with E-state index < -0.39 is 0 Å². The van der Waals surface area contributed by atoms with Crippen LogP contribution in [-0.4, -0.2) is 0 Å². The molecule has 0 aromatic heterocycles. The van der Waals surface area contributed by atoms with Crippen molar-refractivity contribution in [2.75, 3.05) is 0 Å². The number of hydrogen-bond donors (Lipinski definition) is 0. The van der Waals surface area contributed by atoms with Crippen molar-refractivity contribution in [1.29, 1.82) is 0 Å². The summed E-state index contributed by atoms with van der Waals surface area (Å²) in [5.41, 5.74) is 10.8. The number of aryl methyl sites for hydroxylation is 4. The average Bonchev–Trinajstić information content (AvgIpc) is 2.43. The lowest BCUT2D eigenvalue weighted by Crippen LogP contribution is -1.90. The predicted molar refractivity (Wildman–Crippen MR) is 90.0 cm³/mol. The molecule has 0 fully saturated rings. The number of allylic oxidation sites excluding steroid dienone is 2. The molecule has 0 amide bonds. The molecule has 0 nitrogen and oxygen atoms in total. The fourth-order valence-electron chi connectivity index (χ4n) is 2.38. The van der Waals surface area contributed by atoms with Crippen LogP contribution in [0, 0.1) is 27.7 Å². The van der Waals surface area contributed by atoms with E-state index >= 15 is 0 Å². The summed E-state index contributed by atoms with van der Waals surface area (Å²) in [6, 6.07) is 13.4. The third kappa shape index (κ3) is 2.85. The molecule has 0 N–H and O–H groups in total. The van der Waals surface area contributed by atoms with Crippen molar-refractivity contribution in [3.63, 3.8) is 0 Å². The second-order valence-corrected chi connectivity index (χ2v) is 5.85. The molecular formula is C20H24. The average molecular weight is 264 g/mol. The lowest BCUT2D eigenvalue weighted by Gasteiger charge is -2.12. The maximum atomic E-state index is 2.29. The Morgan fingerprint density at radius 1 is 0.550 bits per heavy atom. The van der Waals surface area contributed by atoms with Crippen molar-refractivity contribution in [3.05, 3.63) is 69.8 Å². The Labute approximate surface area is 123 Å². The zero-order valence-corrected chi connectivity index (χ0v) is 13.5. The van der Waals surface area contributed by atoms with E-state index in [0.29, 0.717) is 0 Å². The standard InChI is InChI=1S/C20H24/c1-13-7-9-19(11-15(13)3)17(5)18(6)20-10-8-14(2)16(4)12-20/h7-12H,1-6H3. The molecule has 0 saturated carbocycles. The van der Waals surface area contributed by atoms with E-state index in [0.717, 1.165) is 0 Å². The second-order valence-electron chi connectivity index (χ2n) is 5.85. The molecule has 0 saturated heterocycles. The highest BCUT2D eigenvalue weighted by Crippen LogP contribution is 2.27. The van der Waals surface area contributed by atoms with Gasteiger partial charge in [0.05, 0.1) is 0 Å². The van der Waals surface area contributed by atoms with Crippen LogP contribution in [0.5, 0.6) is 0 Å². The first-order valence-electron chi connectivity index (χ1n) is 7.23. The Hall–Kier alpha value is -1.82. The molecule has 0 aliphatic carbocycles. The molecule has 2 rings (SSSR count). The van der Waals surface area contributed by atoms with Gasteiger partial charge in [0.15, 0.2) is 0 Å². The van der Waals surface area contributed by atoms with Crippen molar-refractivity contribution in [3.8, 4) is 0 Å². The molecule has 0 aliphatic heterocycles. The van der Waals surface area contributed by atoms with Gasteiger partial charge >= 0.3 is 0 Å². The first-order chi connectivity index (χ1) is 9.40. The fourth-order valence-corrected chi connectivity index (χ4v) is 2.38. The van der Waals surface area contributed by atoms with Crippen molar-refractivity contribution in [2.45, 2.75) is 41.5 Å². The summed E-state index contributed by atoms with van der Waals surface area (Å²) in [6.07, 6.45) is 0. The van der Waals surface area contributed by atoms with E-state index in [4.69, 9.17) is 0 Å². The number of hydrogen-bond acceptors (Lipinski definition) is 0. The zero-order valence-electron chi connectivity index (χ0n) is 13.5. The van der Waals surface area contributed by atoms with E-state index in [2.05, 4.69) is 77.9 Å². The summed E-state index contributed by atoms with van der Waals surface area (Å²) in [5, 5.41) is 0. The highest BCUT2D eigenvalue weighted by atomic mass is 14.1. The topological polar surface area (TPSA) is 0 Å². The van der Waals surface area contributed by atoms with Crippen LogP contribution in [0.15, 0.2) is 36.4 Å². The monoisotopic (exact) mass is 264 g/mol. The van der Waals surface area contributed by atoms with Crippen LogP contribution in [0.4, 0.5) is 0 Å². The van der Waals surface area contributed by atoms with Gasteiger partial charge in [-0.2, -0.15) is 0 Å². The molecule has 2 aromatic carbocycles. The molecule has 104 valence electrons. The third-order valence-corrected chi connectivity index (χ3v) is 4.44. The fraction of sp³-hybridized carbons (Fsp3) is 0.300. The molecule has 0 heterocycles. The molecule has 0 bridgehead atoms. The molecule has 2 aromatic rings. The van der Waals surface area contributed by atoms with Crippen LogP contribution >= 0.6 is 0 Å². The molecule has 0 unspecified atom stereocenters. The summed E-state index contributed by atoms with van der Waals surface area (Å²) in [7, 11) is 0. The van der Waals surface area contributed by atoms with Gasteiger partial charge in [-0.1, -0.05) is 36.4 Å². The molecule has 0 heteroatoms. The van der Waals surface area contributed by atoms with E-state index in [1.165, 1.54) is 44.5 Å². The molecule has 20 heavy (non-hydrogen) atoms. The number of rotatable bonds is 2. The molecule has 0 spiro atoms. The SMILES string of the molecule is CC(=C(C)c1ccc(C)c(C)c1)c1ccc(C)c(C)c1. The van der Waals surface area contributed by atoms with Crippen molar-refractivity contribution >= 4 is 11.1 Å². The first kappa shape index (κ1) is 14.6. The van der Waals surface area contributed by atoms with Crippen LogP contribution in [0.3, 0.4) is 0 Å². The Morgan fingerprint density at radius 2 is 0.900 bits per heavy atom. The van der Waals surface area contributed by atoms with Gasteiger partial charge in [-0.15, -0.1) is 0 Å². The van der Waals surface area contributed by atoms with E-state index in [1.54, 1.807) is 0 Å². The highest BCUT2D eigenvalue weighted by molar-refractivity contribution is 5.89. The van der Waals surface area contributed by atoms with Crippen LogP contribution in [0.2, 0.25) is 0 Å². The van der Waals surface area contributed by atoms with Gasteiger partial charge in [0.25, 0.3) is 0 Å². The van der Waals surface area contributed by atoms with Gasteiger partial charge < -0.3 is 0 Å². The minimum absolute atomic E-state index is 1.32. The lowest BCUT2D eigenvalue weighted by atomic mass is 9.93. The largest absolute Gasteiger partial charge is 0.0585 e. The van der Waals surface area contributed by atoms with Gasteiger partial charge in [0, 0.05) is 0 Å². The van der Waals surface area contributed by atoms with Crippen LogP contribution < -0.4 is 0 Å². The Morgan fingerprint density at radius 3 is 1.20 bits per heavy atom. The minimum Gasteiger partial charge on any atom is -0.0585 e. The van der Waals surface area contributed by atoms with Crippen LogP contribution in [0.25, 0.3) is 11.1 Å². The summed E-state index contributed by atoms with van der Waals surface area (Å²) >= 11 is 0. The lowest BCUT2D eigenvalue weighted by molar-refractivity contribution is 1.32. The maximum absolute atomic E-state index is 2.29. The third-order valence-electron chi connectivity index (χ3n) is 4.44. The predicted octanol–water partition coefficient (Wildman–Crippen LogP) is 5.87. The van der Waals surface area contributed by atoms with Gasteiger partial charge in [0.1, 0.15) is 0 Å². The van der Waals surface area contributed by atoms with Gasteiger partial charge in [-0.05, 0) is 86.1 Å². The van der Waals surface area contributed by atoms with Crippen molar-refractivity contribution < 1.29 is 0 Å². The quantitative estimate of drug-likeness (QED) is 0.595. The van der Waals surface area contributed by atoms with Crippen molar-refractivity contribution in [1.82, 2.24) is 0 Å². The summed E-state index contributed by atoms with van der Waals surface area (Å²) < 4.78 is 0. The van der Waals surface area contributed by atoms with E-state index in [-0.39, 0.29) is 0 Å². The summed E-state index contributed by atoms with van der Waals surface area (Å²) in [5.74, 6) is 0. The molecule has 0 aliphatic rings. The van der Waals surface area contributed by atoms with Gasteiger partial charge in [-0.3, -0.25) is 0 Å². The van der Waals surface area contributed by atoms with Crippen LogP contribution in [-0.2, 0) is 0 Å². The minimum atomic E-state index is 1.32.